The monoisotopic (exact) mass is 382 g/mol. The van der Waals surface area contributed by atoms with Crippen LogP contribution in [0.25, 0.3) is 0 Å². The Balaban J connectivity index is 2.09. The molecular formula is C18H27BrN2O2. The number of halogens is 1. The fourth-order valence-electron chi connectivity index (χ4n) is 3.15. The Kier molecular flexibility index (Phi) is 6.62. The minimum Gasteiger partial charge on any atom is -0.381 e. The lowest BCUT2D eigenvalue weighted by molar-refractivity contribution is -0.123. The van der Waals surface area contributed by atoms with Crippen LogP contribution in [-0.4, -0.2) is 31.7 Å². The van der Waals surface area contributed by atoms with Crippen LogP contribution < -0.4 is 11.1 Å². The van der Waals surface area contributed by atoms with E-state index in [1.54, 1.807) is 0 Å². The van der Waals surface area contributed by atoms with Crippen molar-refractivity contribution in [3.63, 3.8) is 0 Å². The number of nitrogens with two attached hydrogens (primary N) is 1. The summed E-state index contributed by atoms with van der Waals surface area (Å²) in [4.78, 5) is 12.3. The number of ether oxygens (including phenoxy) is 1. The van der Waals surface area contributed by atoms with Gasteiger partial charge in [-0.2, -0.15) is 0 Å². The van der Waals surface area contributed by atoms with E-state index in [1.807, 2.05) is 12.1 Å². The largest absolute Gasteiger partial charge is 0.381 e. The van der Waals surface area contributed by atoms with Gasteiger partial charge in [0.25, 0.3) is 0 Å². The maximum Gasteiger partial charge on any atom is 0.236 e. The lowest BCUT2D eigenvalue weighted by Crippen LogP contribution is -2.49. The average molecular weight is 383 g/mol. The summed E-state index contributed by atoms with van der Waals surface area (Å²) in [5, 5.41) is 3.08. The lowest BCUT2D eigenvalue weighted by atomic mass is 9.74. The molecule has 1 fully saturated rings. The fourth-order valence-corrected chi connectivity index (χ4v) is 3.55. The maximum absolute atomic E-state index is 12.3. The third kappa shape index (κ3) is 5.03. The number of hydrogen-bond acceptors (Lipinski definition) is 3. The first kappa shape index (κ1) is 18.4. The van der Waals surface area contributed by atoms with Crippen LogP contribution in [0.5, 0.6) is 0 Å². The number of nitrogens with one attached hydrogen (secondary N) is 1. The van der Waals surface area contributed by atoms with Crippen molar-refractivity contribution in [2.45, 2.75) is 44.6 Å². The summed E-state index contributed by atoms with van der Waals surface area (Å²) in [6, 6.07) is 7.91. The van der Waals surface area contributed by atoms with Crippen LogP contribution in [0.1, 0.15) is 38.7 Å². The van der Waals surface area contributed by atoms with Crippen molar-refractivity contribution in [2.75, 3.05) is 19.8 Å². The SMILES string of the molecule is CC(C)C[C@H](N)C(=O)NCC1(c2cccc(Br)c2)CCOCC1. The molecule has 2 rings (SSSR count). The molecule has 1 atom stereocenters. The van der Waals surface area contributed by atoms with Gasteiger partial charge in [0.1, 0.15) is 0 Å². The number of carbonyl (C=O) groups is 1. The van der Waals surface area contributed by atoms with Gasteiger partial charge in [-0.1, -0.05) is 41.9 Å². The van der Waals surface area contributed by atoms with E-state index in [-0.39, 0.29) is 11.3 Å². The molecule has 1 aliphatic rings. The van der Waals surface area contributed by atoms with Gasteiger partial charge in [-0.3, -0.25) is 4.79 Å². The second-order valence-corrected chi connectivity index (χ2v) is 7.77. The van der Waals surface area contributed by atoms with Gasteiger partial charge in [0.05, 0.1) is 6.04 Å². The van der Waals surface area contributed by atoms with E-state index in [0.29, 0.717) is 18.9 Å². The number of hydrogen-bond donors (Lipinski definition) is 2. The van der Waals surface area contributed by atoms with Crippen LogP contribution in [0.2, 0.25) is 0 Å². The number of rotatable bonds is 6. The van der Waals surface area contributed by atoms with Crippen molar-refractivity contribution in [1.82, 2.24) is 5.32 Å². The van der Waals surface area contributed by atoms with E-state index in [0.717, 1.165) is 30.5 Å². The average Bonchev–Trinajstić information content (AvgIpc) is 2.53. The van der Waals surface area contributed by atoms with Gasteiger partial charge >= 0.3 is 0 Å². The Labute approximate surface area is 147 Å². The highest BCUT2D eigenvalue weighted by atomic mass is 79.9. The smallest absolute Gasteiger partial charge is 0.236 e. The van der Waals surface area contributed by atoms with Gasteiger partial charge in [0.2, 0.25) is 5.91 Å². The molecule has 1 aromatic rings. The Bertz CT molecular complexity index is 528. The van der Waals surface area contributed by atoms with Gasteiger partial charge in [-0.15, -0.1) is 0 Å². The fraction of sp³-hybridized carbons (Fsp3) is 0.611. The minimum absolute atomic E-state index is 0.0560. The van der Waals surface area contributed by atoms with Crippen molar-refractivity contribution in [2.24, 2.45) is 11.7 Å². The van der Waals surface area contributed by atoms with E-state index in [1.165, 1.54) is 5.56 Å². The summed E-state index contributed by atoms with van der Waals surface area (Å²) in [5.74, 6) is 0.359. The molecule has 1 heterocycles. The Morgan fingerprint density at radius 3 is 2.70 bits per heavy atom. The van der Waals surface area contributed by atoms with Gasteiger partial charge in [0.15, 0.2) is 0 Å². The molecule has 0 unspecified atom stereocenters. The molecule has 0 spiro atoms. The normalized spacial score (nSPS) is 18.7. The molecule has 3 N–H and O–H groups in total. The third-order valence-corrected chi connectivity index (χ3v) is 5.04. The Hall–Kier alpha value is -0.910. The van der Waals surface area contributed by atoms with Crippen molar-refractivity contribution in [3.8, 4) is 0 Å². The van der Waals surface area contributed by atoms with Crippen LogP contribution in [0, 0.1) is 5.92 Å². The Morgan fingerprint density at radius 1 is 1.39 bits per heavy atom. The first-order chi connectivity index (χ1) is 10.9. The van der Waals surface area contributed by atoms with Crippen LogP contribution in [0.3, 0.4) is 0 Å². The first-order valence-corrected chi connectivity index (χ1v) is 9.09. The zero-order valence-electron chi connectivity index (χ0n) is 14.0. The molecule has 1 aliphatic heterocycles. The van der Waals surface area contributed by atoms with Crippen LogP contribution >= 0.6 is 15.9 Å². The highest BCUT2D eigenvalue weighted by Gasteiger charge is 2.35. The Morgan fingerprint density at radius 2 is 2.09 bits per heavy atom. The number of amides is 1. The maximum atomic E-state index is 12.3. The van der Waals surface area contributed by atoms with E-state index in [4.69, 9.17) is 10.5 Å². The molecule has 23 heavy (non-hydrogen) atoms. The van der Waals surface area contributed by atoms with Crippen molar-refractivity contribution in [3.05, 3.63) is 34.3 Å². The lowest BCUT2D eigenvalue weighted by Gasteiger charge is -2.38. The molecule has 0 bridgehead atoms. The zero-order chi connectivity index (χ0) is 16.9. The molecule has 0 aromatic heterocycles. The second kappa shape index (κ2) is 8.27. The molecule has 4 nitrogen and oxygen atoms in total. The van der Waals surface area contributed by atoms with Crippen molar-refractivity contribution < 1.29 is 9.53 Å². The minimum atomic E-state index is -0.436. The molecule has 0 radical (unpaired) electrons. The molecule has 128 valence electrons. The van der Waals surface area contributed by atoms with E-state index in [2.05, 4.69) is 47.2 Å². The molecule has 0 aliphatic carbocycles. The first-order valence-electron chi connectivity index (χ1n) is 8.30. The molecule has 5 heteroatoms. The summed E-state index contributed by atoms with van der Waals surface area (Å²) in [6.45, 7) is 6.21. The molecular weight excluding hydrogens is 356 g/mol. The standard InChI is InChI=1S/C18H27BrN2O2/c1-13(2)10-16(20)17(22)21-12-18(6-8-23-9-7-18)14-4-3-5-15(19)11-14/h3-5,11,13,16H,6-10,12,20H2,1-2H3,(H,21,22)/t16-/m0/s1. The van der Waals surface area contributed by atoms with Crippen molar-refractivity contribution in [1.29, 1.82) is 0 Å². The third-order valence-electron chi connectivity index (χ3n) is 4.55. The topological polar surface area (TPSA) is 64.4 Å². The van der Waals surface area contributed by atoms with E-state index < -0.39 is 6.04 Å². The summed E-state index contributed by atoms with van der Waals surface area (Å²) in [5.41, 5.74) is 7.16. The van der Waals surface area contributed by atoms with Crippen LogP contribution in [-0.2, 0) is 14.9 Å². The summed E-state index contributed by atoms with van der Waals surface area (Å²) >= 11 is 3.54. The highest BCUT2D eigenvalue weighted by molar-refractivity contribution is 9.10. The van der Waals surface area contributed by atoms with Gasteiger partial charge in [0, 0.05) is 29.6 Å². The van der Waals surface area contributed by atoms with Crippen molar-refractivity contribution >= 4 is 21.8 Å². The molecule has 0 saturated carbocycles. The summed E-state index contributed by atoms with van der Waals surface area (Å²) in [6.07, 6.45) is 2.52. The van der Waals surface area contributed by atoms with Gasteiger partial charge in [-0.25, -0.2) is 0 Å². The van der Waals surface area contributed by atoms with E-state index in [9.17, 15) is 4.79 Å². The predicted molar refractivity (Wildman–Crippen MR) is 96.3 cm³/mol. The zero-order valence-corrected chi connectivity index (χ0v) is 15.6. The molecule has 1 aromatic carbocycles. The second-order valence-electron chi connectivity index (χ2n) is 6.86. The van der Waals surface area contributed by atoms with Crippen LogP contribution in [0.4, 0.5) is 0 Å². The predicted octanol–water partition coefficient (Wildman–Crippen LogP) is 2.99. The molecule has 1 amide bonds. The highest BCUT2D eigenvalue weighted by Crippen LogP contribution is 2.35. The summed E-state index contributed by atoms with van der Waals surface area (Å²) < 4.78 is 6.59. The van der Waals surface area contributed by atoms with Crippen LogP contribution in [0.15, 0.2) is 28.7 Å². The molecule has 1 saturated heterocycles. The van der Waals surface area contributed by atoms with Gasteiger partial charge in [-0.05, 0) is 42.9 Å². The summed E-state index contributed by atoms with van der Waals surface area (Å²) in [7, 11) is 0. The number of benzene rings is 1. The quantitative estimate of drug-likeness (QED) is 0.794. The van der Waals surface area contributed by atoms with E-state index >= 15 is 0 Å². The number of carbonyl (C=O) groups excluding carboxylic acids is 1. The van der Waals surface area contributed by atoms with Gasteiger partial charge < -0.3 is 15.8 Å².